The highest BCUT2D eigenvalue weighted by atomic mass is 32.2. The Labute approximate surface area is 139 Å². The summed E-state index contributed by atoms with van der Waals surface area (Å²) >= 11 is 0. The molecule has 2 rings (SSSR count). The monoisotopic (exact) mass is 338 g/mol. The fraction of sp³-hybridized carbons (Fsp3) is 0.588. The van der Waals surface area contributed by atoms with Crippen molar-refractivity contribution >= 4 is 21.6 Å². The van der Waals surface area contributed by atoms with Gasteiger partial charge in [0.15, 0.2) is 0 Å². The lowest BCUT2D eigenvalue weighted by Gasteiger charge is -2.29. The van der Waals surface area contributed by atoms with Crippen molar-refractivity contribution in [3.63, 3.8) is 0 Å². The maximum absolute atomic E-state index is 12.5. The Morgan fingerprint density at radius 3 is 2.35 bits per heavy atom. The molecule has 0 heterocycles. The van der Waals surface area contributed by atoms with Crippen LogP contribution in [-0.2, 0) is 14.8 Å². The van der Waals surface area contributed by atoms with Gasteiger partial charge in [0.05, 0.1) is 11.9 Å². The van der Waals surface area contributed by atoms with Gasteiger partial charge in [-0.2, -0.15) is 0 Å². The standard InChI is InChI=1S/C17H26N2O3S/c1-12-9-10-16(11-13(12)2)19(23(4,21)22)14(3)17(20)18-15-7-5-6-8-15/h9-11,14-15H,5-8H2,1-4H3,(H,18,20). The van der Waals surface area contributed by atoms with E-state index in [0.29, 0.717) is 5.69 Å². The summed E-state index contributed by atoms with van der Waals surface area (Å²) in [6.45, 7) is 5.54. The van der Waals surface area contributed by atoms with Crippen molar-refractivity contribution in [1.29, 1.82) is 0 Å². The van der Waals surface area contributed by atoms with Crippen LogP contribution < -0.4 is 9.62 Å². The van der Waals surface area contributed by atoms with Crippen LogP contribution >= 0.6 is 0 Å². The van der Waals surface area contributed by atoms with Gasteiger partial charge in [-0.25, -0.2) is 8.42 Å². The Morgan fingerprint density at radius 1 is 1.22 bits per heavy atom. The highest BCUT2D eigenvalue weighted by Gasteiger charge is 2.30. The van der Waals surface area contributed by atoms with Gasteiger partial charge in [-0.05, 0) is 56.9 Å². The van der Waals surface area contributed by atoms with Gasteiger partial charge in [-0.1, -0.05) is 18.9 Å². The number of rotatable bonds is 5. The molecule has 6 heteroatoms. The molecule has 1 fully saturated rings. The van der Waals surface area contributed by atoms with Crippen LogP contribution in [0.15, 0.2) is 18.2 Å². The maximum atomic E-state index is 12.5. The van der Waals surface area contributed by atoms with E-state index in [1.165, 1.54) is 4.31 Å². The average Bonchev–Trinajstić information content (AvgIpc) is 2.94. The molecule has 0 bridgehead atoms. The molecule has 0 spiro atoms. The predicted octanol–water partition coefficient (Wildman–Crippen LogP) is 2.52. The number of nitrogens with zero attached hydrogens (tertiary/aromatic N) is 1. The molecular weight excluding hydrogens is 312 g/mol. The lowest BCUT2D eigenvalue weighted by atomic mass is 10.1. The lowest BCUT2D eigenvalue weighted by molar-refractivity contribution is -0.122. The molecule has 1 N–H and O–H groups in total. The maximum Gasteiger partial charge on any atom is 0.243 e. The lowest BCUT2D eigenvalue weighted by Crippen LogP contribution is -2.50. The highest BCUT2D eigenvalue weighted by Crippen LogP contribution is 2.24. The number of benzene rings is 1. The molecule has 1 atom stereocenters. The molecule has 1 saturated carbocycles. The first kappa shape index (κ1) is 17.8. The first-order valence-corrected chi connectivity index (χ1v) is 9.92. The van der Waals surface area contributed by atoms with Gasteiger partial charge in [0.1, 0.15) is 6.04 Å². The summed E-state index contributed by atoms with van der Waals surface area (Å²) in [5.74, 6) is -0.236. The van der Waals surface area contributed by atoms with E-state index in [4.69, 9.17) is 0 Å². The molecule has 23 heavy (non-hydrogen) atoms. The first-order chi connectivity index (χ1) is 10.7. The van der Waals surface area contributed by atoms with Crippen LogP contribution in [0.4, 0.5) is 5.69 Å². The Balaban J connectivity index is 2.27. The van der Waals surface area contributed by atoms with Crippen molar-refractivity contribution in [1.82, 2.24) is 5.32 Å². The van der Waals surface area contributed by atoms with Crippen LogP contribution in [-0.4, -0.2) is 32.7 Å². The predicted molar refractivity (Wildman–Crippen MR) is 93.1 cm³/mol. The van der Waals surface area contributed by atoms with Crippen molar-refractivity contribution in [2.75, 3.05) is 10.6 Å². The molecule has 0 radical (unpaired) electrons. The second kappa shape index (κ2) is 6.91. The van der Waals surface area contributed by atoms with Gasteiger partial charge in [0, 0.05) is 6.04 Å². The number of aryl methyl sites for hydroxylation is 2. The van der Waals surface area contributed by atoms with Crippen LogP contribution in [0.2, 0.25) is 0 Å². The Morgan fingerprint density at radius 2 is 1.83 bits per heavy atom. The molecule has 5 nitrogen and oxygen atoms in total. The molecule has 0 aromatic heterocycles. The molecule has 1 aliphatic rings. The summed E-state index contributed by atoms with van der Waals surface area (Å²) in [6.07, 6.45) is 5.32. The number of anilines is 1. The number of nitrogens with one attached hydrogen (secondary N) is 1. The van der Waals surface area contributed by atoms with Gasteiger partial charge in [-0.3, -0.25) is 9.10 Å². The molecule has 0 aliphatic heterocycles. The fourth-order valence-corrected chi connectivity index (χ4v) is 4.23. The second-order valence-corrected chi connectivity index (χ2v) is 8.35. The summed E-state index contributed by atoms with van der Waals surface area (Å²) in [5, 5.41) is 2.98. The van der Waals surface area contributed by atoms with Gasteiger partial charge >= 0.3 is 0 Å². The van der Waals surface area contributed by atoms with Crippen LogP contribution in [0.3, 0.4) is 0 Å². The van der Waals surface area contributed by atoms with E-state index >= 15 is 0 Å². The van der Waals surface area contributed by atoms with Gasteiger partial charge in [0.2, 0.25) is 15.9 Å². The van der Waals surface area contributed by atoms with E-state index < -0.39 is 16.1 Å². The third-order valence-corrected chi connectivity index (χ3v) is 5.78. The van der Waals surface area contributed by atoms with Gasteiger partial charge in [0.25, 0.3) is 0 Å². The average molecular weight is 338 g/mol. The number of amides is 1. The van der Waals surface area contributed by atoms with Crippen molar-refractivity contribution in [2.45, 2.75) is 58.5 Å². The molecule has 128 valence electrons. The zero-order valence-corrected chi connectivity index (χ0v) is 15.1. The number of carbonyl (C=O) groups is 1. The van der Waals surface area contributed by atoms with E-state index in [0.717, 1.165) is 43.1 Å². The number of hydrogen-bond acceptors (Lipinski definition) is 3. The minimum absolute atomic E-state index is 0.172. The molecule has 1 unspecified atom stereocenters. The van der Waals surface area contributed by atoms with Gasteiger partial charge < -0.3 is 5.32 Å². The smallest absolute Gasteiger partial charge is 0.243 e. The van der Waals surface area contributed by atoms with E-state index in [1.54, 1.807) is 13.0 Å². The van der Waals surface area contributed by atoms with E-state index in [2.05, 4.69) is 5.32 Å². The third-order valence-electron chi connectivity index (χ3n) is 4.54. The second-order valence-electron chi connectivity index (χ2n) is 6.49. The zero-order chi connectivity index (χ0) is 17.2. The molecular formula is C17H26N2O3S. The van der Waals surface area contributed by atoms with E-state index in [1.807, 2.05) is 26.0 Å². The topological polar surface area (TPSA) is 66.5 Å². The van der Waals surface area contributed by atoms with Crippen LogP contribution in [0.1, 0.15) is 43.7 Å². The quantitative estimate of drug-likeness (QED) is 0.897. The molecule has 1 aliphatic carbocycles. The number of carbonyl (C=O) groups excluding carboxylic acids is 1. The van der Waals surface area contributed by atoms with Crippen LogP contribution in [0, 0.1) is 13.8 Å². The zero-order valence-electron chi connectivity index (χ0n) is 14.3. The van der Waals surface area contributed by atoms with Gasteiger partial charge in [-0.15, -0.1) is 0 Å². The molecule has 1 aromatic carbocycles. The minimum Gasteiger partial charge on any atom is -0.352 e. The third kappa shape index (κ3) is 4.25. The largest absolute Gasteiger partial charge is 0.352 e. The summed E-state index contributed by atoms with van der Waals surface area (Å²) in [6, 6.07) is 4.85. The SMILES string of the molecule is Cc1ccc(N(C(C)C(=O)NC2CCCC2)S(C)(=O)=O)cc1C. The van der Waals surface area contributed by atoms with E-state index in [9.17, 15) is 13.2 Å². The summed E-state index contributed by atoms with van der Waals surface area (Å²) in [7, 11) is -3.55. The van der Waals surface area contributed by atoms with Crippen LogP contribution in [0.5, 0.6) is 0 Å². The summed E-state index contributed by atoms with van der Waals surface area (Å²) in [5.41, 5.74) is 2.62. The number of sulfonamides is 1. The Hall–Kier alpha value is -1.56. The summed E-state index contributed by atoms with van der Waals surface area (Å²) in [4.78, 5) is 12.5. The summed E-state index contributed by atoms with van der Waals surface area (Å²) < 4.78 is 25.7. The first-order valence-electron chi connectivity index (χ1n) is 8.07. The van der Waals surface area contributed by atoms with Crippen molar-refractivity contribution < 1.29 is 13.2 Å². The molecule has 1 aromatic rings. The number of hydrogen-bond donors (Lipinski definition) is 1. The van der Waals surface area contributed by atoms with E-state index in [-0.39, 0.29) is 11.9 Å². The fourth-order valence-electron chi connectivity index (χ4n) is 3.06. The molecule has 0 saturated heterocycles. The molecule has 1 amide bonds. The van der Waals surface area contributed by atoms with Crippen LogP contribution in [0.25, 0.3) is 0 Å². The minimum atomic E-state index is -3.55. The van der Waals surface area contributed by atoms with Crippen molar-refractivity contribution in [2.24, 2.45) is 0 Å². The van der Waals surface area contributed by atoms with Crippen molar-refractivity contribution in [3.8, 4) is 0 Å². The highest BCUT2D eigenvalue weighted by molar-refractivity contribution is 7.92. The Bertz CT molecular complexity index is 679. The Kier molecular flexibility index (Phi) is 5.34. The van der Waals surface area contributed by atoms with Crippen molar-refractivity contribution in [3.05, 3.63) is 29.3 Å². The normalized spacial score (nSPS) is 17.0.